The van der Waals surface area contributed by atoms with Crippen molar-refractivity contribution in [3.63, 3.8) is 0 Å². The molecule has 7 nitrogen and oxygen atoms in total. The molecule has 0 fully saturated rings. The highest BCUT2D eigenvalue weighted by Crippen LogP contribution is 2.29. The number of hydrogen-bond donors (Lipinski definition) is 1. The molecule has 2 aromatic carbocycles. The minimum atomic E-state index is -0.453. The number of rotatable bonds is 9. The number of nitrogens with zero attached hydrogens (tertiary/aromatic N) is 3. The molecular formula is C25H26N4O3. The maximum absolute atomic E-state index is 12.4. The van der Waals surface area contributed by atoms with Crippen LogP contribution in [0.25, 0.3) is 23.0 Å². The van der Waals surface area contributed by atoms with E-state index in [4.69, 9.17) is 14.6 Å². The molecule has 3 rings (SSSR count). The van der Waals surface area contributed by atoms with Crippen molar-refractivity contribution in [3.8, 4) is 28.8 Å². The normalized spacial score (nSPS) is 11.1. The van der Waals surface area contributed by atoms with Crippen LogP contribution in [-0.4, -0.2) is 42.6 Å². The van der Waals surface area contributed by atoms with E-state index in [1.165, 1.54) is 0 Å². The van der Waals surface area contributed by atoms with Gasteiger partial charge in [-0.15, -0.1) is 0 Å². The Balaban J connectivity index is 2.06. The van der Waals surface area contributed by atoms with Gasteiger partial charge in [0, 0.05) is 31.0 Å². The van der Waals surface area contributed by atoms with Gasteiger partial charge >= 0.3 is 0 Å². The van der Waals surface area contributed by atoms with Gasteiger partial charge in [0.15, 0.2) is 0 Å². The molecule has 3 aromatic rings. The highest BCUT2D eigenvalue weighted by Gasteiger charge is 2.16. The molecule has 0 saturated heterocycles. The zero-order chi connectivity index (χ0) is 22.9. The maximum atomic E-state index is 12.4. The first kappa shape index (κ1) is 22.8. The summed E-state index contributed by atoms with van der Waals surface area (Å²) in [6.07, 6.45) is 3.38. The predicted molar refractivity (Wildman–Crippen MR) is 123 cm³/mol. The van der Waals surface area contributed by atoms with Crippen LogP contribution < -0.4 is 10.1 Å². The molecule has 0 saturated carbocycles. The van der Waals surface area contributed by atoms with Crippen LogP contribution in [0.2, 0.25) is 0 Å². The molecule has 7 heteroatoms. The quantitative estimate of drug-likeness (QED) is 0.316. The summed E-state index contributed by atoms with van der Waals surface area (Å²) in [4.78, 5) is 12.4. The van der Waals surface area contributed by atoms with E-state index >= 15 is 0 Å². The van der Waals surface area contributed by atoms with Crippen molar-refractivity contribution in [2.24, 2.45) is 0 Å². The van der Waals surface area contributed by atoms with Gasteiger partial charge in [-0.05, 0) is 55.8 Å². The highest BCUT2D eigenvalue weighted by atomic mass is 16.5. The Labute approximate surface area is 187 Å². The van der Waals surface area contributed by atoms with E-state index in [1.807, 2.05) is 74.6 Å². The number of ether oxygens (including phenoxy) is 2. The molecule has 0 spiro atoms. The lowest BCUT2D eigenvalue weighted by atomic mass is 10.0. The molecule has 32 heavy (non-hydrogen) atoms. The molecule has 0 unspecified atom stereocenters. The first-order valence-corrected chi connectivity index (χ1v) is 10.3. The Morgan fingerprint density at radius 2 is 2.03 bits per heavy atom. The summed E-state index contributed by atoms with van der Waals surface area (Å²) in [6.45, 7) is 5.19. The molecular weight excluding hydrogens is 404 g/mol. The van der Waals surface area contributed by atoms with Gasteiger partial charge in [-0.25, -0.2) is 4.68 Å². The third-order valence-corrected chi connectivity index (χ3v) is 4.77. The zero-order valence-corrected chi connectivity index (χ0v) is 18.5. The maximum Gasteiger partial charge on any atom is 0.262 e. The van der Waals surface area contributed by atoms with E-state index in [-0.39, 0.29) is 5.57 Å². The molecule has 0 radical (unpaired) electrons. The topological polar surface area (TPSA) is 89.2 Å². The number of benzene rings is 2. The van der Waals surface area contributed by atoms with Crippen LogP contribution in [0.4, 0.5) is 0 Å². The van der Waals surface area contributed by atoms with Crippen molar-refractivity contribution in [3.05, 3.63) is 71.4 Å². The van der Waals surface area contributed by atoms with E-state index in [2.05, 4.69) is 5.32 Å². The molecule has 1 N–H and O–H groups in total. The molecule has 1 heterocycles. The molecule has 0 aliphatic rings. The summed E-state index contributed by atoms with van der Waals surface area (Å²) in [5.41, 5.74) is 4.04. The second-order valence-corrected chi connectivity index (χ2v) is 7.04. The first-order chi connectivity index (χ1) is 15.6. The number of carbonyl (C=O) groups is 1. The Hall–Kier alpha value is -3.89. The number of nitrogens with one attached hydrogen (secondary N) is 1. The highest BCUT2D eigenvalue weighted by molar-refractivity contribution is 6.02. The van der Waals surface area contributed by atoms with Crippen LogP contribution in [-0.2, 0) is 9.53 Å². The molecule has 0 aliphatic heterocycles. The van der Waals surface area contributed by atoms with Crippen molar-refractivity contribution in [2.45, 2.75) is 13.8 Å². The molecule has 0 bridgehead atoms. The van der Waals surface area contributed by atoms with Crippen LogP contribution in [0.3, 0.4) is 0 Å². The van der Waals surface area contributed by atoms with E-state index in [9.17, 15) is 10.1 Å². The van der Waals surface area contributed by atoms with Gasteiger partial charge in [0.1, 0.15) is 23.1 Å². The predicted octanol–water partition coefficient (Wildman–Crippen LogP) is 3.92. The fourth-order valence-corrected chi connectivity index (χ4v) is 3.21. The third-order valence-electron chi connectivity index (χ3n) is 4.77. The van der Waals surface area contributed by atoms with Crippen LogP contribution in [0.5, 0.6) is 5.75 Å². The van der Waals surface area contributed by atoms with Gasteiger partial charge in [-0.1, -0.05) is 18.2 Å². The Bertz CT molecular complexity index is 1140. The van der Waals surface area contributed by atoms with Gasteiger partial charge in [0.2, 0.25) is 0 Å². The van der Waals surface area contributed by atoms with Gasteiger partial charge < -0.3 is 14.8 Å². The van der Waals surface area contributed by atoms with Gasteiger partial charge in [-0.2, -0.15) is 10.4 Å². The third kappa shape index (κ3) is 5.42. The first-order valence-electron chi connectivity index (χ1n) is 10.3. The number of methoxy groups -OCH3 is 1. The van der Waals surface area contributed by atoms with E-state index < -0.39 is 5.91 Å². The number of nitriles is 1. The van der Waals surface area contributed by atoms with E-state index in [0.29, 0.717) is 31.0 Å². The lowest BCUT2D eigenvalue weighted by Crippen LogP contribution is -2.27. The van der Waals surface area contributed by atoms with Crippen molar-refractivity contribution < 1.29 is 14.3 Å². The number of carbonyl (C=O) groups excluding carboxylic acids is 1. The molecule has 0 atom stereocenters. The van der Waals surface area contributed by atoms with Crippen LogP contribution >= 0.6 is 0 Å². The fourth-order valence-electron chi connectivity index (χ4n) is 3.21. The second kappa shape index (κ2) is 10.9. The Kier molecular flexibility index (Phi) is 7.79. The van der Waals surface area contributed by atoms with Crippen LogP contribution in [0, 0.1) is 18.3 Å². The fraction of sp³-hybridized carbons (Fsp3) is 0.240. The molecule has 1 amide bonds. The standard InChI is InChI=1S/C25H26N4O3/c1-4-32-23-11-10-19(14-18(23)2)24-21(15-20(16-26)25(30)27-12-13-31-3)17-29(28-24)22-8-6-5-7-9-22/h5-11,14-15,17H,4,12-13H2,1-3H3,(H,27,30)/b20-15+. The number of aromatic nitrogens is 2. The summed E-state index contributed by atoms with van der Waals surface area (Å²) in [5, 5.41) is 17.0. The van der Waals surface area contributed by atoms with E-state index in [0.717, 1.165) is 22.6 Å². The monoisotopic (exact) mass is 430 g/mol. The minimum absolute atomic E-state index is 0.00220. The average Bonchev–Trinajstić information content (AvgIpc) is 3.23. The summed E-state index contributed by atoms with van der Waals surface area (Å²) < 4.78 is 12.3. The number of amides is 1. The average molecular weight is 431 g/mol. The number of hydrogen-bond acceptors (Lipinski definition) is 5. The van der Waals surface area contributed by atoms with Crippen molar-refractivity contribution in [2.75, 3.05) is 26.9 Å². The van der Waals surface area contributed by atoms with Gasteiger partial charge in [-0.3, -0.25) is 4.79 Å². The molecule has 1 aromatic heterocycles. The van der Waals surface area contributed by atoms with Crippen LogP contribution in [0.1, 0.15) is 18.1 Å². The molecule has 0 aliphatic carbocycles. The largest absolute Gasteiger partial charge is 0.494 e. The lowest BCUT2D eigenvalue weighted by Gasteiger charge is -2.09. The lowest BCUT2D eigenvalue weighted by molar-refractivity contribution is -0.117. The number of para-hydroxylation sites is 1. The van der Waals surface area contributed by atoms with Crippen molar-refractivity contribution >= 4 is 12.0 Å². The Morgan fingerprint density at radius 1 is 1.25 bits per heavy atom. The Morgan fingerprint density at radius 3 is 2.69 bits per heavy atom. The van der Waals surface area contributed by atoms with Gasteiger partial charge in [0.05, 0.1) is 18.9 Å². The van der Waals surface area contributed by atoms with E-state index in [1.54, 1.807) is 17.9 Å². The summed E-state index contributed by atoms with van der Waals surface area (Å²) in [5.74, 6) is 0.358. The minimum Gasteiger partial charge on any atom is -0.494 e. The zero-order valence-electron chi connectivity index (χ0n) is 18.5. The van der Waals surface area contributed by atoms with Crippen molar-refractivity contribution in [1.29, 1.82) is 5.26 Å². The van der Waals surface area contributed by atoms with Crippen LogP contribution in [0.15, 0.2) is 60.3 Å². The summed E-state index contributed by atoms with van der Waals surface area (Å²) in [7, 11) is 1.55. The second-order valence-electron chi connectivity index (χ2n) is 7.04. The van der Waals surface area contributed by atoms with Crippen molar-refractivity contribution in [1.82, 2.24) is 15.1 Å². The van der Waals surface area contributed by atoms with Gasteiger partial charge in [0.25, 0.3) is 5.91 Å². The number of aryl methyl sites for hydroxylation is 1. The molecule has 164 valence electrons. The SMILES string of the molecule is CCOc1ccc(-c2nn(-c3ccccc3)cc2/C=C(\C#N)C(=O)NCCOC)cc1C. The summed E-state index contributed by atoms with van der Waals surface area (Å²) in [6, 6.07) is 17.5. The smallest absolute Gasteiger partial charge is 0.262 e. The summed E-state index contributed by atoms with van der Waals surface area (Å²) >= 11 is 0.